The van der Waals surface area contributed by atoms with Gasteiger partial charge in [0.1, 0.15) is 5.92 Å². The number of hydrogen-bond acceptors (Lipinski definition) is 3. The van der Waals surface area contributed by atoms with Crippen LogP contribution < -0.4 is 0 Å². The molecule has 0 saturated carbocycles. The molecule has 1 aliphatic carbocycles. The van der Waals surface area contributed by atoms with Crippen LogP contribution in [0.15, 0.2) is 41.1 Å². The normalized spacial score (nSPS) is 23.6. The Bertz CT molecular complexity index is 361. The van der Waals surface area contributed by atoms with E-state index in [2.05, 4.69) is 9.73 Å². The fourth-order valence-electron chi connectivity index (χ4n) is 1.44. The van der Waals surface area contributed by atoms with Gasteiger partial charge >= 0.3 is 5.97 Å². The molecule has 13 heavy (non-hydrogen) atoms. The van der Waals surface area contributed by atoms with Crippen molar-refractivity contribution >= 4 is 11.7 Å². The smallest absolute Gasteiger partial charge is 0.318 e. The first-order valence-electron chi connectivity index (χ1n) is 4.04. The molecule has 0 aromatic carbocycles. The van der Waals surface area contributed by atoms with Crippen LogP contribution in [-0.2, 0) is 9.53 Å². The van der Waals surface area contributed by atoms with E-state index in [4.69, 9.17) is 0 Å². The maximum Gasteiger partial charge on any atom is 0.318 e. The minimum Gasteiger partial charge on any atom is -0.468 e. The van der Waals surface area contributed by atoms with Gasteiger partial charge in [-0.2, -0.15) is 0 Å². The molecule has 0 aromatic heterocycles. The van der Waals surface area contributed by atoms with E-state index >= 15 is 0 Å². The first kappa shape index (κ1) is 7.98. The van der Waals surface area contributed by atoms with E-state index in [1.807, 2.05) is 18.2 Å². The van der Waals surface area contributed by atoms with Crippen LogP contribution >= 0.6 is 0 Å². The average Bonchev–Trinajstić information content (AvgIpc) is 2.63. The number of fused-ring (bicyclic) bond motifs is 1. The van der Waals surface area contributed by atoms with Crippen LogP contribution in [0.1, 0.15) is 0 Å². The molecule has 66 valence electrons. The van der Waals surface area contributed by atoms with Crippen LogP contribution in [-0.4, -0.2) is 18.8 Å². The number of carbonyl (C=O) groups is 1. The molecule has 0 amide bonds. The van der Waals surface area contributed by atoms with Crippen molar-refractivity contribution in [3.05, 3.63) is 36.1 Å². The molecule has 0 N–H and O–H groups in total. The van der Waals surface area contributed by atoms with E-state index in [0.717, 1.165) is 11.3 Å². The number of allylic oxidation sites excluding steroid dienone is 4. The summed E-state index contributed by atoms with van der Waals surface area (Å²) >= 11 is 0. The number of hydrogen-bond donors (Lipinski definition) is 0. The van der Waals surface area contributed by atoms with Crippen molar-refractivity contribution in [1.29, 1.82) is 0 Å². The third kappa shape index (κ3) is 1.22. The van der Waals surface area contributed by atoms with E-state index < -0.39 is 0 Å². The van der Waals surface area contributed by atoms with Gasteiger partial charge in [0.2, 0.25) is 0 Å². The third-order valence-electron chi connectivity index (χ3n) is 2.09. The molecule has 0 unspecified atom stereocenters. The summed E-state index contributed by atoms with van der Waals surface area (Å²) in [6.45, 7) is 0. The van der Waals surface area contributed by atoms with Gasteiger partial charge in [0.25, 0.3) is 0 Å². The summed E-state index contributed by atoms with van der Waals surface area (Å²) in [5, 5.41) is 0. The molecule has 0 aromatic rings. The zero-order valence-electron chi connectivity index (χ0n) is 7.23. The highest BCUT2D eigenvalue weighted by atomic mass is 16.5. The molecule has 3 nitrogen and oxygen atoms in total. The van der Waals surface area contributed by atoms with Gasteiger partial charge in [0.15, 0.2) is 0 Å². The van der Waals surface area contributed by atoms with Crippen LogP contribution in [0.2, 0.25) is 0 Å². The molecule has 2 aliphatic rings. The summed E-state index contributed by atoms with van der Waals surface area (Å²) < 4.78 is 4.67. The fraction of sp³-hybridized carbons (Fsp3) is 0.200. The largest absolute Gasteiger partial charge is 0.468 e. The minimum absolute atomic E-state index is 0.260. The standard InChI is InChI=1S/C10H9NO2/c1-13-10(12)8-4-2-3-7-5-6-11-9(7)8/h2-6,8H,1H3/t8-/m0/s1. The number of carbonyl (C=O) groups excluding carboxylic acids is 1. The van der Waals surface area contributed by atoms with E-state index in [1.165, 1.54) is 7.11 Å². The van der Waals surface area contributed by atoms with Crippen molar-refractivity contribution < 1.29 is 9.53 Å². The highest BCUT2D eigenvalue weighted by Crippen LogP contribution is 2.22. The summed E-state index contributed by atoms with van der Waals surface area (Å²) in [5.41, 5.74) is 1.78. The summed E-state index contributed by atoms with van der Waals surface area (Å²) in [6.07, 6.45) is 9.16. The first-order valence-corrected chi connectivity index (χ1v) is 4.04. The Morgan fingerprint density at radius 1 is 1.62 bits per heavy atom. The lowest BCUT2D eigenvalue weighted by atomic mass is 9.93. The van der Waals surface area contributed by atoms with Crippen LogP contribution in [0.25, 0.3) is 0 Å². The molecule has 0 fully saturated rings. The monoisotopic (exact) mass is 175 g/mol. The molecule has 1 atom stereocenters. The lowest BCUT2D eigenvalue weighted by Crippen LogP contribution is -2.24. The number of methoxy groups -OCH3 is 1. The molecular weight excluding hydrogens is 166 g/mol. The average molecular weight is 175 g/mol. The SMILES string of the molecule is COC(=O)[C@H]1C=CC=C2C=CN=C21. The van der Waals surface area contributed by atoms with Gasteiger partial charge in [-0.3, -0.25) is 9.79 Å². The third-order valence-corrected chi connectivity index (χ3v) is 2.09. The Balaban J connectivity index is 2.30. The Morgan fingerprint density at radius 2 is 2.46 bits per heavy atom. The van der Waals surface area contributed by atoms with E-state index in [-0.39, 0.29) is 11.9 Å². The minimum atomic E-state index is -0.333. The van der Waals surface area contributed by atoms with E-state index in [9.17, 15) is 4.79 Å². The summed E-state index contributed by atoms with van der Waals surface area (Å²) in [5.74, 6) is -0.593. The van der Waals surface area contributed by atoms with Crippen molar-refractivity contribution in [3.63, 3.8) is 0 Å². The number of rotatable bonds is 1. The lowest BCUT2D eigenvalue weighted by molar-refractivity contribution is -0.141. The predicted molar refractivity (Wildman–Crippen MR) is 49.3 cm³/mol. The molecule has 0 spiro atoms. The summed E-state index contributed by atoms with van der Waals surface area (Å²) in [4.78, 5) is 15.4. The second kappa shape index (κ2) is 3.01. The first-order chi connectivity index (χ1) is 6.33. The molecule has 0 radical (unpaired) electrons. The lowest BCUT2D eigenvalue weighted by Gasteiger charge is -2.14. The number of nitrogens with zero attached hydrogens (tertiary/aromatic N) is 1. The highest BCUT2D eigenvalue weighted by Gasteiger charge is 2.27. The van der Waals surface area contributed by atoms with E-state index in [1.54, 1.807) is 12.3 Å². The topological polar surface area (TPSA) is 38.7 Å². The quantitative estimate of drug-likeness (QED) is 0.562. The van der Waals surface area contributed by atoms with Gasteiger partial charge < -0.3 is 4.74 Å². The summed E-state index contributed by atoms with van der Waals surface area (Å²) in [6, 6.07) is 0. The fourth-order valence-corrected chi connectivity index (χ4v) is 1.44. The van der Waals surface area contributed by atoms with Gasteiger partial charge in [-0.15, -0.1) is 0 Å². The van der Waals surface area contributed by atoms with Crippen LogP contribution in [0.4, 0.5) is 0 Å². The van der Waals surface area contributed by atoms with Crippen molar-refractivity contribution in [1.82, 2.24) is 0 Å². The number of aliphatic imine (C=N–C) groups is 1. The maximum absolute atomic E-state index is 11.3. The molecule has 0 saturated heterocycles. The van der Waals surface area contributed by atoms with Gasteiger partial charge in [-0.25, -0.2) is 0 Å². The maximum atomic E-state index is 11.3. The second-order valence-corrected chi connectivity index (χ2v) is 2.84. The number of ether oxygens (including phenoxy) is 1. The zero-order chi connectivity index (χ0) is 9.26. The Hall–Kier alpha value is -1.64. The zero-order valence-corrected chi connectivity index (χ0v) is 7.23. The highest BCUT2D eigenvalue weighted by molar-refractivity contribution is 6.16. The van der Waals surface area contributed by atoms with Crippen molar-refractivity contribution in [2.45, 2.75) is 0 Å². The Morgan fingerprint density at radius 3 is 3.23 bits per heavy atom. The van der Waals surface area contributed by atoms with Gasteiger partial charge in [0.05, 0.1) is 12.8 Å². The molecule has 3 heteroatoms. The molecule has 2 rings (SSSR count). The Kier molecular flexibility index (Phi) is 1.85. The van der Waals surface area contributed by atoms with Crippen molar-refractivity contribution in [2.24, 2.45) is 10.9 Å². The van der Waals surface area contributed by atoms with Gasteiger partial charge in [-0.05, 0) is 11.6 Å². The van der Waals surface area contributed by atoms with Crippen LogP contribution in [0.5, 0.6) is 0 Å². The van der Waals surface area contributed by atoms with Gasteiger partial charge in [0, 0.05) is 6.20 Å². The second-order valence-electron chi connectivity index (χ2n) is 2.84. The van der Waals surface area contributed by atoms with Crippen LogP contribution in [0, 0.1) is 5.92 Å². The van der Waals surface area contributed by atoms with Gasteiger partial charge in [-0.1, -0.05) is 18.2 Å². The molecule has 1 aliphatic heterocycles. The van der Waals surface area contributed by atoms with Crippen molar-refractivity contribution in [3.8, 4) is 0 Å². The summed E-state index contributed by atoms with van der Waals surface area (Å²) in [7, 11) is 1.39. The Labute approximate surface area is 76.1 Å². The van der Waals surface area contributed by atoms with Crippen molar-refractivity contribution in [2.75, 3.05) is 7.11 Å². The molecule has 1 heterocycles. The molecular formula is C10H9NO2. The van der Waals surface area contributed by atoms with Crippen LogP contribution in [0.3, 0.4) is 0 Å². The molecule has 0 bridgehead atoms. The number of esters is 1. The predicted octanol–water partition coefficient (Wildman–Crippen LogP) is 1.24. The van der Waals surface area contributed by atoms with E-state index in [0.29, 0.717) is 0 Å².